The van der Waals surface area contributed by atoms with E-state index in [1.54, 1.807) is 0 Å². The molecule has 0 aliphatic carbocycles. The number of para-hydroxylation sites is 4. The summed E-state index contributed by atoms with van der Waals surface area (Å²) in [4.78, 5) is 3.82. The lowest BCUT2D eigenvalue weighted by Crippen LogP contribution is -1.94. The van der Waals surface area contributed by atoms with Crippen molar-refractivity contribution >= 4 is 75.9 Å². The number of aromatic amines is 1. The largest absolute Gasteiger partial charge is 0.354 e. The van der Waals surface area contributed by atoms with Gasteiger partial charge in [-0.1, -0.05) is 164 Å². The first-order valence-electron chi connectivity index (χ1n) is 19.7. The Kier molecular flexibility index (Phi) is 6.88. The summed E-state index contributed by atoms with van der Waals surface area (Å²) in [5, 5.41) is 12.5. The van der Waals surface area contributed by atoms with Crippen LogP contribution in [0, 0.1) is 0 Å². The Bertz CT molecular complexity index is 3580. The summed E-state index contributed by atoms with van der Waals surface area (Å²) < 4.78 is 2.37. The molecule has 0 unspecified atom stereocenters. The van der Waals surface area contributed by atoms with E-state index >= 15 is 0 Å². The molecule has 0 fully saturated rings. The minimum absolute atomic E-state index is 1.15. The van der Waals surface area contributed by atoms with E-state index in [4.69, 9.17) is 0 Å². The third-order valence-corrected chi connectivity index (χ3v) is 12.3. The number of nitrogens with one attached hydrogen (secondary N) is 1. The fourth-order valence-electron chi connectivity index (χ4n) is 9.79. The maximum atomic E-state index is 3.82. The highest BCUT2D eigenvalue weighted by molar-refractivity contribution is 6.24. The van der Waals surface area contributed by atoms with Crippen molar-refractivity contribution in [2.24, 2.45) is 7.05 Å². The standard InChI is InChI=1S/C55H36N2/c1-57-52-30-10-8-20-41(52)47-28-14-27-46(55(47)57)39-22-12-24-43-49(39)33-48-38(44-25-13-26-45-40-19-7-9-29-51(40)56-54(44)45)21-11-23-42(48)53(43)50-32-36(34-15-3-2-4-16-34)31-35-17-5-6-18-37(35)50/h2-33,56H,1H3. The smallest absolute Gasteiger partial charge is 0.0568 e. The number of benzene rings is 10. The van der Waals surface area contributed by atoms with Crippen molar-refractivity contribution in [3.8, 4) is 44.5 Å². The number of fused-ring (bicyclic) bond motifs is 9. The molecule has 0 aliphatic heterocycles. The zero-order valence-electron chi connectivity index (χ0n) is 31.4. The number of aromatic nitrogens is 2. The van der Waals surface area contributed by atoms with Crippen LogP contribution in [0.4, 0.5) is 0 Å². The topological polar surface area (TPSA) is 20.7 Å². The third kappa shape index (κ3) is 4.71. The van der Waals surface area contributed by atoms with Crippen LogP contribution in [0.25, 0.3) is 120 Å². The van der Waals surface area contributed by atoms with Gasteiger partial charge in [0.05, 0.1) is 11.0 Å². The van der Waals surface area contributed by atoms with Gasteiger partial charge in [-0.05, 0) is 96.0 Å². The number of aryl methyl sites for hydroxylation is 1. The lowest BCUT2D eigenvalue weighted by atomic mass is 9.83. The Hall–Kier alpha value is -7.42. The molecule has 12 aromatic rings. The summed E-state index contributed by atoms with van der Waals surface area (Å²) >= 11 is 0. The molecular weight excluding hydrogens is 689 g/mol. The van der Waals surface area contributed by atoms with Crippen LogP contribution in [-0.4, -0.2) is 9.55 Å². The molecule has 0 amide bonds. The summed E-state index contributed by atoms with van der Waals surface area (Å²) in [6.45, 7) is 0. The van der Waals surface area contributed by atoms with Gasteiger partial charge in [0, 0.05) is 50.8 Å². The predicted molar refractivity (Wildman–Crippen MR) is 244 cm³/mol. The molecule has 57 heavy (non-hydrogen) atoms. The van der Waals surface area contributed by atoms with Crippen LogP contribution in [0.1, 0.15) is 0 Å². The van der Waals surface area contributed by atoms with Crippen molar-refractivity contribution in [3.05, 3.63) is 194 Å². The van der Waals surface area contributed by atoms with E-state index in [9.17, 15) is 0 Å². The zero-order valence-corrected chi connectivity index (χ0v) is 31.4. The Morgan fingerprint density at radius 3 is 1.72 bits per heavy atom. The Morgan fingerprint density at radius 2 is 0.930 bits per heavy atom. The average molecular weight is 725 g/mol. The number of H-pyrrole nitrogens is 1. The van der Waals surface area contributed by atoms with Crippen LogP contribution < -0.4 is 0 Å². The van der Waals surface area contributed by atoms with Gasteiger partial charge in [0.1, 0.15) is 0 Å². The van der Waals surface area contributed by atoms with Gasteiger partial charge in [-0.15, -0.1) is 0 Å². The van der Waals surface area contributed by atoms with Gasteiger partial charge in [-0.2, -0.15) is 0 Å². The number of hydrogen-bond donors (Lipinski definition) is 1. The first-order chi connectivity index (χ1) is 28.2. The van der Waals surface area contributed by atoms with Crippen LogP contribution in [0.5, 0.6) is 0 Å². The van der Waals surface area contributed by atoms with E-state index in [0.29, 0.717) is 0 Å². The molecule has 10 aromatic carbocycles. The summed E-state index contributed by atoms with van der Waals surface area (Å²) in [5.41, 5.74) is 14.6. The first-order valence-corrected chi connectivity index (χ1v) is 19.7. The average Bonchev–Trinajstić information content (AvgIpc) is 3.80. The minimum atomic E-state index is 1.15. The SMILES string of the molecule is Cn1c2ccccc2c2cccc(-c3cccc4c(-c5cc(-c6ccccc6)cc6ccccc56)c5cccc(-c6cccc7c6[nH]c6ccccc67)c5cc34)c21. The molecule has 0 spiro atoms. The maximum absolute atomic E-state index is 3.82. The van der Waals surface area contributed by atoms with Gasteiger partial charge in [-0.3, -0.25) is 0 Å². The second kappa shape index (κ2) is 12.3. The van der Waals surface area contributed by atoms with Gasteiger partial charge in [0.2, 0.25) is 0 Å². The van der Waals surface area contributed by atoms with E-state index in [0.717, 1.165) is 11.0 Å². The van der Waals surface area contributed by atoms with Crippen molar-refractivity contribution in [2.45, 2.75) is 0 Å². The van der Waals surface area contributed by atoms with Crippen molar-refractivity contribution in [3.63, 3.8) is 0 Å². The van der Waals surface area contributed by atoms with Crippen LogP contribution in [0.3, 0.4) is 0 Å². The molecule has 0 saturated carbocycles. The molecule has 2 nitrogen and oxygen atoms in total. The van der Waals surface area contributed by atoms with Gasteiger partial charge >= 0.3 is 0 Å². The molecule has 1 N–H and O–H groups in total. The fourth-order valence-corrected chi connectivity index (χ4v) is 9.79. The highest BCUT2D eigenvalue weighted by Crippen LogP contribution is 2.48. The zero-order chi connectivity index (χ0) is 37.6. The van der Waals surface area contributed by atoms with Gasteiger partial charge in [0.25, 0.3) is 0 Å². The second-order valence-electron chi connectivity index (χ2n) is 15.3. The molecule has 0 bridgehead atoms. The molecule has 0 saturated heterocycles. The summed E-state index contributed by atoms with van der Waals surface area (Å²) in [5.74, 6) is 0. The first kappa shape index (κ1) is 31.9. The van der Waals surface area contributed by atoms with Crippen molar-refractivity contribution in [1.82, 2.24) is 9.55 Å². The monoisotopic (exact) mass is 724 g/mol. The molecule has 12 rings (SSSR count). The summed E-state index contributed by atoms with van der Waals surface area (Å²) in [6, 6.07) is 71.7. The fraction of sp³-hybridized carbons (Fsp3) is 0.0182. The molecule has 0 radical (unpaired) electrons. The van der Waals surface area contributed by atoms with Crippen LogP contribution >= 0.6 is 0 Å². The van der Waals surface area contributed by atoms with Crippen molar-refractivity contribution in [2.75, 3.05) is 0 Å². The van der Waals surface area contributed by atoms with Gasteiger partial charge in [-0.25, -0.2) is 0 Å². The minimum Gasteiger partial charge on any atom is -0.354 e. The molecule has 2 aromatic heterocycles. The van der Waals surface area contributed by atoms with E-state index in [1.807, 2.05) is 0 Å². The molecule has 2 heterocycles. The molecule has 0 atom stereocenters. The predicted octanol–water partition coefficient (Wildman–Crippen LogP) is 15.1. The molecule has 266 valence electrons. The van der Waals surface area contributed by atoms with Crippen molar-refractivity contribution in [1.29, 1.82) is 0 Å². The van der Waals surface area contributed by atoms with Crippen molar-refractivity contribution < 1.29 is 0 Å². The van der Waals surface area contributed by atoms with E-state index in [1.165, 1.54) is 109 Å². The lowest BCUT2D eigenvalue weighted by Gasteiger charge is -2.20. The number of hydrogen-bond acceptors (Lipinski definition) is 0. The molecule has 2 heteroatoms. The second-order valence-corrected chi connectivity index (χ2v) is 15.3. The van der Waals surface area contributed by atoms with Crippen LogP contribution in [0.15, 0.2) is 194 Å². The third-order valence-electron chi connectivity index (χ3n) is 12.3. The number of nitrogens with zero attached hydrogens (tertiary/aromatic N) is 1. The van der Waals surface area contributed by atoms with E-state index in [-0.39, 0.29) is 0 Å². The quantitative estimate of drug-likeness (QED) is 0.175. The number of rotatable bonds is 4. The molecular formula is C55H36N2. The van der Waals surface area contributed by atoms with Gasteiger partial charge < -0.3 is 9.55 Å². The van der Waals surface area contributed by atoms with Crippen LogP contribution in [-0.2, 0) is 7.05 Å². The Morgan fingerprint density at radius 1 is 0.351 bits per heavy atom. The highest BCUT2D eigenvalue weighted by Gasteiger charge is 2.21. The summed E-state index contributed by atoms with van der Waals surface area (Å²) in [6.07, 6.45) is 0. The highest BCUT2D eigenvalue weighted by atomic mass is 14.9. The summed E-state index contributed by atoms with van der Waals surface area (Å²) in [7, 11) is 2.21. The Labute approximate surface area is 329 Å². The van der Waals surface area contributed by atoms with E-state index < -0.39 is 0 Å². The van der Waals surface area contributed by atoms with E-state index in [2.05, 4.69) is 211 Å². The lowest BCUT2D eigenvalue weighted by molar-refractivity contribution is 1.02. The van der Waals surface area contributed by atoms with Crippen LogP contribution in [0.2, 0.25) is 0 Å². The maximum Gasteiger partial charge on any atom is 0.0568 e. The molecule has 0 aliphatic rings. The van der Waals surface area contributed by atoms with Gasteiger partial charge in [0.15, 0.2) is 0 Å². The normalized spacial score (nSPS) is 11.9. The Balaban J connectivity index is 1.25.